The lowest BCUT2D eigenvalue weighted by atomic mass is 9.75. The molecule has 1 aromatic rings. The monoisotopic (exact) mass is 346 g/mol. The van der Waals surface area contributed by atoms with Crippen molar-refractivity contribution in [1.82, 2.24) is 4.90 Å². The van der Waals surface area contributed by atoms with E-state index in [1.807, 2.05) is 6.07 Å². The summed E-state index contributed by atoms with van der Waals surface area (Å²) < 4.78 is 16.1. The minimum atomic E-state index is -0.305. The van der Waals surface area contributed by atoms with Gasteiger partial charge in [-0.2, -0.15) is 0 Å². The molecule has 0 unspecified atom stereocenters. The Hall–Kier alpha value is -2.21. The standard InChI is InChI=1S/C19H26N2O4/c1-5-25-18(22)13-11-21-7-6-12-8-16(23-3)17(24-4)9-14(12)19(21,2)10-15(13)20/h8-9H,5-7,10-11,20H2,1-4H3/t19-/m0/s1. The highest BCUT2D eigenvalue weighted by atomic mass is 16.5. The van der Waals surface area contributed by atoms with Gasteiger partial charge in [0, 0.05) is 30.7 Å². The largest absolute Gasteiger partial charge is 0.493 e. The van der Waals surface area contributed by atoms with Crippen LogP contribution in [0.2, 0.25) is 0 Å². The van der Waals surface area contributed by atoms with Crippen molar-refractivity contribution in [3.05, 3.63) is 34.5 Å². The lowest BCUT2D eigenvalue weighted by Crippen LogP contribution is -2.53. The zero-order chi connectivity index (χ0) is 18.2. The number of ether oxygens (including phenoxy) is 3. The molecule has 0 saturated heterocycles. The molecule has 0 radical (unpaired) electrons. The Morgan fingerprint density at radius 2 is 1.96 bits per heavy atom. The second kappa shape index (κ2) is 6.59. The molecule has 0 aromatic heterocycles. The fourth-order valence-electron chi connectivity index (χ4n) is 3.95. The predicted octanol–water partition coefficient (Wildman–Crippen LogP) is 1.96. The maximum atomic E-state index is 12.2. The smallest absolute Gasteiger partial charge is 0.337 e. The normalized spacial score (nSPS) is 22.9. The first-order chi connectivity index (χ1) is 11.9. The molecule has 2 aliphatic heterocycles. The fraction of sp³-hybridized carbons (Fsp3) is 0.526. The Balaban J connectivity index is 2.03. The number of hydrogen-bond donors (Lipinski definition) is 1. The molecule has 3 rings (SSSR count). The third kappa shape index (κ3) is 2.84. The van der Waals surface area contributed by atoms with Crippen LogP contribution in [0.1, 0.15) is 31.4 Å². The molecule has 25 heavy (non-hydrogen) atoms. The van der Waals surface area contributed by atoms with Crippen LogP contribution >= 0.6 is 0 Å². The molecule has 0 spiro atoms. The number of esters is 1. The van der Waals surface area contributed by atoms with E-state index in [0.29, 0.717) is 36.6 Å². The number of rotatable bonds is 4. The Morgan fingerprint density at radius 1 is 1.28 bits per heavy atom. The lowest BCUT2D eigenvalue weighted by Gasteiger charge is -2.49. The molecule has 0 aliphatic carbocycles. The third-order valence-corrected chi connectivity index (χ3v) is 5.33. The minimum absolute atomic E-state index is 0.271. The van der Waals surface area contributed by atoms with Crippen molar-refractivity contribution in [2.24, 2.45) is 5.73 Å². The Bertz CT molecular complexity index is 728. The molecule has 2 aliphatic rings. The molecule has 2 N–H and O–H groups in total. The lowest BCUT2D eigenvalue weighted by molar-refractivity contribution is -0.139. The van der Waals surface area contributed by atoms with Gasteiger partial charge in [0.25, 0.3) is 0 Å². The molecule has 0 saturated carbocycles. The van der Waals surface area contributed by atoms with Gasteiger partial charge in [0.15, 0.2) is 11.5 Å². The summed E-state index contributed by atoms with van der Waals surface area (Å²) in [6.07, 6.45) is 1.48. The summed E-state index contributed by atoms with van der Waals surface area (Å²) in [5.41, 5.74) is 9.63. The van der Waals surface area contributed by atoms with Gasteiger partial charge in [0.05, 0.1) is 26.4 Å². The first kappa shape index (κ1) is 17.6. The summed E-state index contributed by atoms with van der Waals surface area (Å²) in [5, 5.41) is 0. The van der Waals surface area contributed by atoms with E-state index in [0.717, 1.165) is 18.7 Å². The second-order valence-corrected chi connectivity index (χ2v) is 6.71. The van der Waals surface area contributed by atoms with E-state index >= 15 is 0 Å². The molecule has 136 valence electrons. The number of nitrogens with zero attached hydrogens (tertiary/aromatic N) is 1. The van der Waals surface area contributed by atoms with Crippen molar-refractivity contribution in [3.8, 4) is 11.5 Å². The quantitative estimate of drug-likeness (QED) is 0.840. The van der Waals surface area contributed by atoms with E-state index in [-0.39, 0.29) is 11.5 Å². The van der Waals surface area contributed by atoms with Gasteiger partial charge < -0.3 is 19.9 Å². The number of fused-ring (bicyclic) bond motifs is 3. The van der Waals surface area contributed by atoms with E-state index in [1.54, 1.807) is 21.1 Å². The molecular weight excluding hydrogens is 320 g/mol. The average Bonchev–Trinajstić information content (AvgIpc) is 2.59. The highest BCUT2D eigenvalue weighted by Gasteiger charge is 2.44. The second-order valence-electron chi connectivity index (χ2n) is 6.71. The predicted molar refractivity (Wildman–Crippen MR) is 94.6 cm³/mol. The van der Waals surface area contributed by atoms with E-state index in [4.69, 9.17) is 19.9 Å². The van der Waals surface area contributed by atoms with E-state index in [1.165, 1.54) is 11.1 Å². The Labute approximate surface area is 148 Å². The van der Waals surface area contributed by atoms with Gasteiger partial charge in [-0.15, -0.1) is 0 Å². The zero-order valence-electron chi connectivity index (χ0n) is 15.3. The van der Waals surface area contributed by atoms with Crippen LogP contribution in [-0.2, 0) is 21.5 Å². The van der Waals surface area contributed by atoms with E-state index in [2.05, 4.69) is 17.9 Å². The molecule has 2 heterocycles. The summed E-state index contributed by atoms with van der Waals surface area (Å²) >= 11 is 0. The van der Waals surface area contributed by atoms with Crippen molar-refractivity contribution >= 4 is 5.97 Å². The topological polar surface area (TPSA) is 74.0 Å². The number of hydrogen-bond acceptors (Lipinski definition) is 6. The molecule has 0 bridgehead atoms. The van der Waals surface area contributed by atoms with E-state index < -0.39 is 0 Å². The van der Waals surface area contributed by atoms with Gasteiger partial charge in [-0.05, 0) is 43.5 Å². The summed E-state index contributed by atoms with van der Waals surface area (Å²) in [6.45, 7) is 5.70. The molecule has 0 fully saturated rings. The van der Waals surface area contributed by atoms with Crippen molar-refractivity contribution in [3.63, 3.8) is 0 Å². The molecular formula is C19H26N2O4. The molecule has 6 heteroatoms. The van der Waals surface area contributed by atoms with Gasteiger partial charge in [-0.1, -0.05) is 0 Å². The summed E-state index contributed by atoms with van der Waals surface area (Å²) in [6, 6.07) is 4.10. The highest BCUT2D eigenvalue weighted by molar-refractivity contribution is 5.90. The van der Waals surface area contributed by atoms with Crippen LogP contribution in [0.15, 0.2) is 23.4 Å². The van der Waals surface area contributed by atoms with Crippen LogP contribution in [-0.4, -0.2) is 44.8 Å². The number of methoxy groups -OCH3 is 2. The molecule has 0 amide bonds. The summed E-state index contributed by atoms with van der Waals surface area (Å²) in [7, 11) is 3.29. The number of benzene rings is 1. The van der Waals surface area contributed by atoms with Crippen molar-refractivity contribution < 1.29 is 19.0 Å². The van der Waals surface area contributed by atoms with Gasteiger partial charge in [0.1, 0.15) is 0 Å². The average molecular weight is 346 g/mol. The summed E-state index contributed by atoms with van der Waals surface area (Å²) in [4.78, 5) is 14.5. The Morgan fingerprint density at radius 3 is 2.60 bits per heavy atom. The highest BCUT2D eigenvalue weighted by Crippen LogP contribution is 2.46. The van der Waals surface area contributed by atoms with Crippen LogP contribution in [0.5, 0.6) is 11.5 Å². The van der Waals surface area contributed by atoms with Crippen molar-refractivity contribution in [2.75, 3.05) is 33.9 Å². The van der Waals surface area contributed by atoms with Crippen molar-refractivity contribution in [1.29, 1.82) is 0 Å². The molecule has 1 aromatic carbocycles. The number of nitrogens with two attached hydrogens (primary N) is 1. The van der Waals surface area contributed by atoms with Crippen LogP contribution in [0.3, 0.4) is 0 Å². The van der Waals surface area contributed by atoms with Gasteiger partial charge >= 0.3 is 5.97 Å². The van der Waals surface area contributed by atoms with Crippen LogP contribution in [0.4, 0.5) is 0 Å². The summed E-state index contributed by atoms with van der Waals surface area (Å²) in [5.74, 6) is 1.15. The SMILES string of the molecule is CCOC(=O)C1=C(N)C[C@@]2(C)c3cc(OC)c(OC)cc3CCN2C1. The van der Waals surface area contributed by atoms with E-state index in [9.17, 15) is 4.79 Å². The maximum absolute atomic E-state index is 12.2. The molecule has 6 nitrogen and oxygen atoms in total. The number of carbonyl (C=O) groups is 1. The van der Waals surface area contributed by atoms with Crippen LogP contribution in [0.25, 0.3) is 0 Å². The number of carbonyl (C=O) groups excluding carboxylic acids is 1. The fourth-order valence-corrected chi connectivity index (χ4v) is 3.95. The van der Waals surface area contributed by atoms with Crippen LogP contribution < -0.4 is 15.2 Å². The Kier molecular flexibility index (Phi) is 4.64. The molecule has 1 atom stereocenters. The van der Waals surface area contributed by atoms with Gasteiger partial charge in [0.2, 0.25) is 0 Å². The van der Waals surface area contributed by atoms with Gasteiger partial charge in [-0.3, -0.25) is 4.90 Å². The first-order valence-corrected chi connectivity index (χ1v) is 8.59. The third-order valence-electron chi connectivity index (χ3n) is 5.33. The van der Waals surface area contributed by atoms with Crippen LogP contribution in [0, 0.1) is 0 Å². The van der Waals surface area contributed by atoms with Gasteiger partial charge in [-0.25, -0.2) is 4.79 Å². The van der Waals surface area contributed by atoms with Crippen molar-refractivity contribution in [2.45, 2.75) is 32.2 Å². The minimum Gasteiger partial charge on any atom is -0.493 e. The zero-order valence-corrected chi connectivity index (χ0v) is 15.3. The first-order valence-electron chi connectivity index (χ1n) is 8.59. The maximum Gasteiger partial charge on any atom is 0.337 e.